The summed E-state index contributed by atoms with van der Waals surface area (Å²) in [5.41, 5.74) is 13.6. The molecule has 2 fully saturated rings. The Kier molecular flexibility index (Phi) is 53.1. The summed E-state index contributed by atoms with van der Waals surface area (Å²) in [4.78, 5) is 0. The molecule has 2 aliphatic carbocycles. The molecule has 12 atom stereocenters. The van der Waals surface area contributed by atoms with E-state index in [1.807, 2.05) is 89.2 Å². The monoisotopic (exact) mass is 1890 g/mol. The molecule has 0 aromatic heterocycles. The lowest BCUT2D eigenvalue weighted by Gasteiger charge is -2.35. The van der Waals surface area contributed by atoms with Gasteiger partial charge in [0.1, 0.15) is 46.9 Å². The van der Waals surface area contributed by atoms with Gasteiger partial charge in [-0.25, -0.2) is 0 Å². The van der Waals surface area contributed by atoms with E-state index in [9.17, 15) is 0 Å². The minimum Gasteiger partial charge on any atom is -0.508 e. The van der Waals surface area contributed by atoms with Gasteiger partial charge in [0.05, 0.1) is 44.2 Å². The van der Waals surface area contributed by atoms with Crippen LogP contribution in [-0.4, -0.2) is 87.4 Å². The number of phenols is 1. The first-order valence-corrected chi connectivity index (χ1v) is 52.7. The molecule has 10 aromatic rings. The first-order chi connectivity index (χ1) is 66.3. The highest BCUT2D eigenvalue weighted by molar-refractivity contribution is 5.82. The third-order valence-electron chi connectivity index (χ3n) is 26.2. The summed E-state index contributed by atoms with van der Waals surface area (Å²) < 4.78 is 73.0. The highest BCUT2D eigenvalue weighted by Crippen LogP contribution is 2.41. The Balaban J connectivity index is 0.000000237. The Morgan fingerprint density at radius 3 is 1.03 bits per heavy atom. The molecule has 2 aliphatic rings. The molecule has 12 rings (SSSR count). The van der Waals surface area contributed by atoms with E-state index in [1.165, 1.54) is 103 Å². The van der Waals surface area contributed by atoms with Crippen LogP contribution >= 0.6 is 0 Å². The molecule has 13 nitrogen and oxygen atoms in total. The van der Waals surface area contributed by atoms with Crippen molar-refractivity contribution in [3.8, 4) is 62.5 Å². The molecule has 0 heterocycles. The largest absolute Gasteiger partial charge is 0.508 e. The van der Waals surface area contributed by atoms with Crippen LogP contribution in [0, 0.1) is 17.3 Å². The lowest BCUT2D eigenvalue weighted by Crippen LogP contribution is -2.38. The molecule has 0 amide bonds. The maximum atomic E-state index is 9.01. The molecule has 10 aromatic carbocycles. The zero-order chi connectivity index (χ0) is 100. The van der Waals surface area contributed by atoms with Gasteiger partial charge >= 0.3 is 0 Å². The molecule has 12 unspecified atom stereocenters. The SMILES string of the molecule is CCC(C)c1ccc(O)cc1.CCC(C)c1ccc(OC(C)OC(C)C)cc1.CCC(C)c1ccc(OC(CC(C)C)OC(C)C)cc1.CCC(C)c1ccc(OC(OC2CCCCC2)C(C)(C)C)cc1.CCC(C)c1ccc(OC(OCCOC2CCCCC2)C(C)C)cc1.CCC(C)c1ccc(OC(OCCOc2c(-c3ccccc3)cccc2-c2ccccc2)C(C)c2ccccc2)cc1. The highest BCUT2D eigenvalue weighted by atomic mass is 16.7. The highest BCUT2D eigenvalue weighted by Gasteiger charge is 2.32. The van der Waals surface area contributed by atoms with Gasteiger partial charge in [-0.3, -0.25) is 0 Å². The van der Waals surface area contributed by atoms with Crippen molar-refractivity contribution >= 4 is 0 Å². The van der Waals surface area contributed by atoms with Crippen molar-refractivity contribution in [1.82, 2.24) is 0 Å². The average molecular weight is 1890 g/mol. The maximum absolute atomic E-state index is 9.01. The first kappa shape index (κ1) is 116. The molecule has 138 heavy (non-hydrogen) atoms. The summed E-state index contributed by atoms with van der Waals surface area (Å²) in [6.45, 7) is 56.0. The van der Waals surface area contributed by atoms with Crippen LogP contribution in [0.5, 0.6) is 40.2 Å². The third kappa shape index (κ3) is 42.5. The predicted molar refractivity (Wildman–Crippen MR) is 577 cm³/mol. The van der Waals surface area contributed by atoms with Crippen LogP contribution in [0.3, 0.4) is 0 Å². The van der Waals surface area contributed by atoms with Crippen molar-refractivity contribution in [3.63, 3.8) is 0 Å². The molecule has 0 saturated heterocycles. The number of rotatable bonds is 45. The van der Waals surface area contributed by atoms with E-state index >= 15 is 0 Å². The van der Waals surface area contributed by atoms with Crippen LogP contribution in [0.2, 0.25) is 0 Å². The van der Waals surface area contributed by atoms with E-state index in [1.54, 1.807) is 12.1 Å². The fourth-order valence-corrected chi connectivity index (χ4v) is 16.2. The van der Waals surface area contributed by atoms with Gasteiger partial charge in [0.15, 0.2) is 12.6 Å². The first-order valence-electron chi connectivity index (χ1n) is 52.7. The Labute approximate surface area is 836 Å². The molecule has 0 bridgehead atoms. The maximum Gasteiger partial charge on any atom is 0.206 e. The van der Waals surface area contributed by atoms with E-state index in [2.05, 4.69) is 327 Å². The quantitative estimate of drug-likeness (QED) is 0.0287. The topological polar surface area (TPSA) is 131 Å². The van der Waals surface area contributed by atoms with Gasteiger partial charge in [-0.05, 0) is 263 Å². The van der Waals surface area contributed by atoms with Gasteiger partial charge < -0.3 is 61.9 Å². The van der Waals surface area contributed by atoms with E-state index in [0.29, 0.717) is 91.7 Å². The zero-order valence-corrected chi connectivity index (χ0v) is 89.3. The van der Waals surface area contributed by atoms with Gasteiger partial charge in [0.25, 0.3) is 0 Å². The molecule has 1 N–H and O–H groups in total. The van der Waals surface area contributed by atoms with E-state index in [0.717, 1.165) is 102 Å². The van der Waals surface area contributed by atoms with Crippen LogP contribution in [0.4, 0.5) is 0 Å². The summed E-state index contributed by atoms with van der Waals surface area (Å²) in [6.07, 6.45) is 20.3. The fraction of sp³-hybridized carbons (Fsp3) is 0.520. The van der Waals surface area contributed by atoms with Crippen molar-refractivity contribution in [3.05, 3.63) is 294 Å². The zero-order valence-electron chi connectivity index (χ0n) is 89.3. The van der Waals surface area contributed by atoms with E-state index < -0.39 is 6.29 Å². The van der Waals surface area contributed by atoms with Crippen molar-refractivity contribution < 1.29 is 61.9 Å². The standard InChI is InChI=1S/C39H40O3.C22H36O3.C21H34O2.C18H30O2.C15H24O2.C10H14O/c1-4-29(2)31-23-25-35(26-24-31)42-39(30(3)32-15-8-5-9-16-32)41-28-27-40-38-36(33-17-10-6-11-18-33)21-14-22-37(38)34-19-12-7-13-20-34;1-5-18(4)19-11-13-21(14-12-19)25-22(17(2)3)24-16-15-23-20-9-7-6-8-10-20;1-6-16(2)17-12-14-19(15-13-17)23-20(21(3,4)5)22-18-10-8-7-9-11-18;1-7-15(6)16-8-10-17(11-9-16)20-18(12-13(2)3)19-14(4)5;1-6-12(4)14-7-9-15(10-8-14)17-13(5)16-11(2)3;1-3-8(2)9-4-6-10(11)7-5-9/h5-26,29-30,39H,4,27-28H2,1-3H3;11-14,17-18,20,22H,5-10,15-16H2,1-4H3;12-16,18,20H,6-11H2,1-5H3;8-11,13-15,18H,7,12H2,1-6H3;7-13H,6H2,1-5H3;4-8,11H,3H2,1-2H3. The summed E-state index contributed by atoms with van der Waals surface area (Å²) in [5.74, 6) is 9.92. The normalized spacial score (nSPS) is 15.5. The number of benzene rings is 10. The minimum atomic E-state index is -0.469. The van der Waals surface area contributed by atoms with Crippen LogP contribution in [0.1, 0.15) is 363 Å². The Morgan fingerprint density at radius 2 is 0.659 bits per heavy atom. The molecule has 2 saturated carbocycles. The number of aromatic hydroxyl groups is 1. The number of hydrogen-bond donors (Lipinski definition) is 1. The summed E-state index contributed by atoms with van der Waals surface area (Å²) >= 11 is 0. The van der Waals surface area contributed by atoms with E-state index in [-0.39, 0.29) is 48.7 Å². The minimum absolute atomic E-state index is 0.0249. The molecular formula is C125H178O13. The molecule has 0 aliphatic heterocycles. The van der Waals surface area contributed by atoms with E-state index in [4.69, 9.17) is 61.9 Å². The van der Waals surface area contributed by atoms with Gasteiger partial charge in [0.2, 0.25) is 18.9 Å². The lowest BCUT2D eigenvalue weighted by atomic mass is 9.94. The third-order valence-corrected chi connectivity index (χ3v) is 26.2. The smallest absolute Gasteiger partial charge is 0.206 e. The van der Waals surface area contributed by atoms with Gasteiger partial charge in [-0.15, -0.1) is 0 Å². The Bertz CT molecular complexity index is 4690. The molecular weight excluding hydrogens is 1710 g/mol. The Morgan fingerprint density at radius 1 is 0.319 bits per heavy atom. The number of phenolic OH excluding ortho intramolecular Hbond substituents is 1. The summed E-state index contributed by atoms with van der Waals surface area (Å²) in [5, 5.41) is 9.01. The summed E-state index contributed by atoms with van der Waals surface area (Å²) in [6, 6.07) is 87.0. The molecule has 13 heteroatoms. The van der Waals surface area contributed by atoms with Crippen molar-refractivity contribution in [2.45, 2.75) is 380 Å². The van der Waals surface area contributed by atoms with Crippen LogP contribution in [0.25, 0.3) is 22.3 Å². The van der Waals surface area contributed by atoms with Crippen LogP contribution in [-0.2, 0) is 28.4 Å². The lowest BCUT2D eigenvalue weighted by molar-refractivity contribution is -0.177. The number of hydrogen-bond acceptors (Lipinski definition) is 13. The number of ether oxygens (including phenoxy) is 12. The van der Waals surface area contributed by atoms with Crippen molar-refractivity contribution in [2.75, 3.05) is 26.4 Å². The molecule has 0 radical (unpaired) electrons. The Hall–Kier alpha value is -9.44. The van der Waals surface area contributed by atoms with Crippen LogP contribution in [0.15, 0.2) is 255 Å². The fourth-order valence-electron chi connectivity index (χ4n) is 16.2. The van der Waals surface area contributed by atoms with Crippen molar-refractivity contribution in [1.29, 1.82) is 0 Å². The molecule has 0 spiro atoms. The predicted octanol–water partition coefficient (Wildman–Crippen LogP) is 35.0. The van der Waals surface area contributed by atoms with Gasteiger partial charge in [-0.2, -0.15) is 0 Å². The summed E-state index contributed by atoms with van der Waals surface area (Å²) in [7, 11) is 0. The van der Waals surface area contributed by atoms with Gasteiger partial charge in [0, 0.05) is 34.8 Å². The average Bonchev–Trinajstić information content (AvgIpc) is 0.796. The molecule has 756 valence electrons. The second-order valence-corrected chi connectivity index (χ2v) is 40.3. The van der Waals surface area contributed by atoms with Crippen molar-refractivity contribution in [2.24, 2.45) is 17.3 Å². The number of para-hydroxylation sites is 1. The second-order valence-electron chi connectivity index (χ2n) is 40.3. The second kappa shape index (κ2) is 63.4. The van der Waals surface area contributed by atoms with Gasteiger partial charge in [-0.1, -0.05) is 359 Å². The van der Waals surface area contributed by atoms with Crippen LogP contribution < -0.4 is 28.4 Å².